The minimum atomic E-state index is -0.712. The van der Waals surface area contributed by atoms with Gasteiger partial charge in [0.25, 0.3) is 0 Å². The fourth-order valence-electron chi connectivity index (χ4n) is 7.21. The molecule has 0 aliphatic carbocycles. The van der Waals surface area contributed by atoms with Crippen molar-refractivity contribution in [3.8, 4) is 6.07 Å². The minimum absolute atomic E-state index is 0.0501. The first kappa shape index (κ1) is 38.0. The molecule has 1 atom stereocenters. The highest BCUT2D eigenvalue weighted by atomic mass is 16.2. The number of nitriles is 1. The van der Waals surface area contributed by atoms with Gasteiger partial charge in [0.1, 0.15) is 6.04 Å². The summed E-state index contributed by atoms with van der Waals surface area (Å²) in [4.78, 5) is 51.0. The Kier molecular flexibility index (Phi) is 12.9. The fourth-order valence-corrected chi connectivity index (χ4v) is 7.21. The van der Waals surface area contributed by atoms with E-state index >= 15 is 0 Å². The molecule has 0 spiro atoms. The van der Waals surface area contributed by atoms with Gasteiger partial charge in [-0.15, -0.1) is 0 Å². The van der Waals surface area contributed by atoms with Gasteiger partial charge in [-0.1, -0.05) is 85.8 Å². The number of hydrogen-bond donors (Lipinski definition) is 0. The van der Waals surface area contributed by atoms with Gasteiger partial charge in [0, 0.05) is 90.6 Å². The molecular weight excluding hydrogens is 673 g/mol. The summed E-state index contributed by atoms with van der Waals surface area (Å²) in [6.07, 6.45) is 4.78. The molecule has 0 N–H and O–H groups in total. The molecule has 1 unspecified atom stereocenters. The Morgan fingerprint density at radius 3 is 1.94 bits per heavy atom. The Morgan fingerprint density at radius 2 is 1.33 bits per heavy atom. The topological polar surface area (TPSA) is 91.2 Å². The van der Waals surface area contributed by atoms with Gasteiger partial charge in [-0.25, -0.2) is 0 Å². The van der Waals surface area contributed by atoms with Crippen LogP contribution in [0.25, 0.3) is 6.08 Å². The van der Waals surface area contributed by atoms with Crippen molar-refractivity contribution in [3.63, 3.8) is 0 Å². The lowest BCUT2D eigenvalue weighted by molar-refractivity contribution is -0.145. The highest BCUT2D eigenvalue weighted by Crippen LogP contribution is 2.22. The smallest absolute Gasteiger partial charge is 0.247 e. The van der Waals surface area contributed by atoms with Gasteiger partial charge in [-0.3, -0.25) is 19.3 Å². The number of carbonyl (C=O) groups is 3. The van der Waals surface area contributed by atoms with Gasteiger partial charge >= 0.3 is 0 Å². The Bertz CT molecular complexity index is 1920. The maximum Gasteiger partial charge on any atom is 0.247 e. The van der Waals surface area contributed by atoms with Crippen LogP contribution in [0.5, 0.6) is 0 Å². The van der Waals surface area contributed by atoms with E-state index in [4.69, 9.17) is 5.26 Å². The second-order valence-electron chi connectivity index (χ2n) is 14.2. The van der Waals surface area contributed by atoms with Crippen LogP contribution in [-0.4, -0.2) is 95.7 Å². The first-order chi connectivity index (χ1) is 26.3. The van der Waals surface area contributed by atoms with Crippen LogP contribution in [0.1, 0.15) is 47.2 Å². The third kappa shape index (κ3) is 10.0. The summed E-state index contributed by atoms with van der Waals surface area (Å²) in [6.45, 7) is 10.2. The van der Waals surface area contributed by atoms with E-state index in [-0.39, 0.29) is 24.3 Å². The monoisotopic (exact) mass is 722 g/mol. The van der Waals surface area contributed by atoms with Gasteiger partial charge < -0.3 is 19.6 Å². The Balaban J connectivity index is 1.23. The molecule has 2 saturated heterocycles. The number of hydrogen-bond acceptors (Lipinski definition) is 6. The number of rotatable bonds is 12. The number of piperazine rings is 2. The summed E-state index contributed by atoms with van der Waals surface area (Å²) in [5.41, 5.74) is 6.94. The molecule has 0 saturated carbocycles. The van der Waals surface area contributed by atoms with Crippen LogP contribution >= 0.6 is 0 Å². The number of carbonyl (C=O) groups excluding carboxylic acids is 3. The number of anilines is 1. The molecule has 2 fully saturated rings. The van der Waals surface area contributed by atoms with Gasteiger partial charge in [0.2, 0.25) is 17.7 Å². The Labute approximate surface area is 319 Å². The van der Waals surface area contributed by atoms with E-state index in [9.17, 15) is 14.4 Å². The van der Waals surface area contributed by atoms with Crippen LogP contribution in [0.2, 0.25) is 0 Å². The van der Waals surface area contributed by atoms with Gasteiger partial charge in [-0.2, -0.15) is 5.26 Å². The zero-order valence-corrected chi connectivity index (χ0v) is 31.4. The van der Waals surface area contributed by atoms with Crippen LogP contribution in [0.4, 0.5) is 5.69 Å². The summed E-state index contributed by atoms with van der Waals surface area (Å²) in [5, 5.41) is 9.17. The zero-order valence-electron chi connectivity index (χ0n) is 31.4. The normalized spacial score (nSPS) is 15.5. The molecular formula is C45H50N6O3. The van der Waals surface area contributed by atoms with E-state index in [2.05, 4.69) is 47.1 Å². The second-order valence-corrected chi connectivity index (χ2v) is 14.2. The molecule has 3 amide bonds. The lowest BCUT2D eigenvalue weighted by Crippen LogP contribution is -2.56. The quantitative estimate of drug-likeness (QED) is 0.172. The molecule has 0 aromatic heterocycles. The van der Waals surface area contributed by atoms with Crippen molar-refractivity contribution in [1.29, 1.82) is 5.26 Å². The average molecular weight is 723 g/mol. The van der Waals surface area contributed by atoms with Crippen molar-refractivity contribution in [2.45, 2.75) is 45.8 Å². The maximum atomic E-state index is 14.7. The molecule has 278 valence electrons. The molecule has 0 bridgehead atoms. The van der Waals surface area contributed by atoms with Gasteiger partial charge in [0.05, 0.1) is 11.6 Å². The minimum Gasteiger partial charge on any atom is -0.368 e. The van der Waals surface area contributed by atoms with Crippen LogP contribution in [-0.2, 0) is 40.3 Å². The van der Waals surface area contributed by atoms with E-state index in [1.54, 1.807) is 17.9 Å². The summed E-state index contributed by atoms with van der Waals surface area (Å²) in [5.74, 6) is -0.162. The first-order valence-electron chi connectivity index (χ1n) is 19.0. The van der Waals surface area contributed by atoms with Crippen molar-refractivity contribution < 1.29 is 14.4 Å². The molecule has 9 nitrogen and oxygen atoms in total. The number of benzene rings is 4. The van der Waals surface area contributed by atoms with E-state index in [0.717, 1.165) is 54.0 Å². The molecule has 2 heterocycles. The third-order valence-electron chi connectivity index (χ3n) is 10.6. The fraction of sp³-hybridized carbons (Fsp3) is 0.333. The zero-order chi connectivity index (χ0) is 37.9. The van der Waals surface area contributed by atoms with Crippen LogP contribution in [0, 0.1) is 11.3 Å². The second kappa shape index (κ2) is 18.4. The maximum absolute atomic E-state index is 14.7. The SMILES string of the molecule is CCc1ccc(C=CC(=O)N(Cc2ccc(N3CCN(C(C)=O)CC3)cc2)C(Cc2ccccc2)C(=O)N2CCN(Cc3ccc(C#N)cc3)CC2)cc1. The van der Waals surface area contributed by atoms with Crippen molar-refractivity contribution in [2.24, 2.45) is 0 Å². The Hall–Kier alpha value is -5.72. The average Bonchev–Trinajstić information content (AvgIpc) is 3.22. The molecule has 9 heteroatoms. The predicted octanol–water partition coefficient (Wildman–Crippen LogP) is 5.79. The van der Waals surface area contributed by atoms with Crippen LogP contribution in [0.3, 0.4) is 0 Å². The molecule has 2 aliphatic heterocycles. The highest BCUT2D eigenvalue weighted by molar-refractivity contribution is 5.96. The van der Waals surface area contributed by atoms with E-state index in [0.29, 0.717) is 51.3 Å². The molecule has 6 rings (SSSR count). The third-order valence-corrected chi connectivity index (χ3v) is 10.6. The molecule has 4 aromatic rings. The number of aryl methyl sites for hydroxylation is 1. The molecule has 0 radical (unpaired) electrons. The Morgan fingerprint density at radius 1 is 0.722 bits per heavy atom. The van der Waals surface area contributed by atoms with Crippen LogP contribution < -0.4 is 4.90 Å². The molecule has 54 heavy (non-hydrogen) atoms. The summed E-state index contributed by atoms with van der Waals surface area (Å²) < 4.78 is 0. The standard InChI is InChI=1S/C45H50N6O3/c1-3-36-9-11-37(12-10-36)19-22-44(53)51(34-41-17-20-42(21-18-41)49-29-27-48(28-30-49)35(2)52)43(31-38-7-5-4-6-8-38)45(54)50-25-23-47(24-26-50)33-40-15-13-39(32-46)14-16-40/h4-22,43H,3,23-31,33-34H2,1-2H3. The van der Waals surface area contributed by atoms with Gasteiger partial charge in [-0.05, 0) is 64.6 Å². The first-order valence-corrected chi connectivity index (χ1v) is 19.0. The predicted molar refractivity (Wildman–Crippen MR) is 213 cm³/mol. The lowest BCUT2D eigenvalue weighted by Gasteiger charge is -2.39. The summed E-state index contributed by atoms with van der Waals surface area (Å²) in [7, 11) is 0. The summed E-state index contributed by atoms with van der Waals surface area (Å²) in [6, 6.07) is 35.5. The van der Waals surface area contributed by atoms with Crippen LogP contribution in [0.15, 0.2) is 109 Å². The number of nitrogens with zero attached hydrogens (tertiary/aromatic N) is 6. The van der Waals surface area contributed by atoms with E-state index in [1.807, 2.05) is 94.7 Å². The van der Waals surface area contributed by atoms with Crippen molar-refractivity contribution in [3.05, 3.63) is 143 Å². The summed E-state index contributed by atoms with van der Waals surface area (Å²) >= 11 is 0. The largest absolute Gasteiger partial charge is 0.368 e. The van der Waals surface area contributed by atoms with Crippen molar-refractivity contribution in [1.82, 2.24) is 19.6 Å². The van der Waals surface area contributed by atoms with Crippen molar-refractivity contribution >= 4 is 29.5 Å². The lowest BCUT2D eigenvalue weighted by atomic mass is 10.0. The van der Waals surface area contributed by atoms with Crippen molar-refractivity contribution in [2.75, 3.05) is 57.3 Å². The van der Waals surface area contributed by atoms with E-state index in [1.165, 1.54) is 5.56 Å². The highest BCUT2D eigenvalue weighted by Gasteiger charge is 2.34. The van der Waals surface area contributed by atoms with E-state index < -0.39 is 6.04 Å². The molecule has 2 aliphatic rings. The van der Waals surface area contributed by atoms with Gasteiger partial charge in [0.15, 0.2) is 0 Å². The molecule has 4 aromatic carbocycles. The number of amides is 3.